The van der Waals surface area contributed by atoms with Crippen molar-refractivity contribution in [1.29, 1.82) is 0 Å². The van der Waals surface area contributed by atoms with Gasteiger partial charge in [0.05, 0.1) is 6.54 Å². The van der Waals surface area contributed by atoms with Gasteiger partial charge in [-0.15, -0.1) is 34.2 Å². The Balaban J connectivity index is 0.00000300. The molecule has 1 fully saturated rings. The number of hydrogen-bond donors (Lipinski definition) is 3. The number of likely N-dealkylation sites (tertiary alicyclic amines) is 1. The minimum absolute atomic E-state index is 0. The number of aliphatic imine (C=N–C) groups is 1. The average molecular weight is 514 g/mol. The van der Waals surface area contributed by atoms with Crippen molar-refractivity contribution in [3.05, 3.63) is 30.2 Å². The fraction of sp³-hybridized carbons (Fsp3) is 0.579. The number of guanidine groups is 1. The lowest BCUT2D eigenvalue weighted by Crippen LogP contribution is -2.49. The summed E-state index contributed by atoms with van der Waals surface area (Å²) in [5, 5.41) is 15.3. The summed E-state index contributed by atoms with van der Waals surface area (Å²) in [6.07, 6.45) is 5.68. The molecular formula is C19H31IN8O. The van der Waals surface area contributed by atoms with E-state index in [1.54, 1.807) is 0 Å². The summed E-state index contributed by atoms with van der Waals surface area (Å²) in [6.45, 7) is 5.70. The number of fused-ring (bicyclic) bond motifs is 1. The number of hydrogen-bond acceptors (Lipinski definition) is 5. The van der Waals surface area contributed by atoms with Crippen LogP contribution in [0.3, 0.4) is 0 Å². The van der Waals surface area contributed by atoms with Crippen molar-refractivity contribution < 1.29 is 4.79 Å². The lowest BCUT2D eigenvalue weighted by Gasteiger charge is -2.32. The Hall–Kier alpha value is -1.95. The van der Waals surface area contributed by atoms with E-state index in [0.717, 1.165) is 69.3 Å². The Morgan fingerprint density at radius 1 is 1.31 bits per heavy atom. The van der Waals surface area contributed by atoms with Crippen LogP contribution in [0.2, 0.25) is 0 Å². The van der Waals surface area contributed by atoms with Gasteiger partial charge in [-0.25, -0.2) is 0 Å². The van der Waals surface area contributed by atoms with Crippen LogP contribution in [-0.2, 0) is 11.2 Å². The molecule has 1 aliphatic heterocycles. The Kier molecular flexibility index (Phi) is 9.58. The number of pyridine rings is 1. The van der Waals surface area contributed by atoms with Gasteiger partial charge in [0, 0.05) is 44.8 Å². The van der Waals surface area contributed by atoms with Crippen LogP contribution in [0.1, 0.15) is 32.0 Å². The van der Waals surface area contributed by atoms with Gasteiger partial charge in [-0.2, -0.15) is 0 Å². The number of primary amides is 1. The summed E-state index contributed by atoms with van der Waals surface area (Å²) < 4.78 is 2.02. The number of carbonyl (C=O) groups excluding carboxylic acids is 1. The summed E-state index contributed by atoms with van der Waals surface area (Å²) >= 11 is 0. The SMILES string of the molecule is CCNC(=NCCCc1nnc2ccccn12)NC1CCN(CC(N)=O)CC1.I. The fourth-order valence-electron chi connectivity index (χ4n) is 3.46. The molecule has 3 rings (SSSR count). The lowest BCUT2D eigenvalue weighted by molar-refractivity contribution is -0.119. The standard InChI is InChI=1S/C19H30N8O.HI/c1-2-21-19(23-15-8-12-26(13-9-15)14-16(20)28)22-10-5-7-18-25-24-17-6-3-4-11-27(17)18;/h3-4,6,11,15H,2,5,7-10,12-14H2,1H3,(H2,20,28)(H2,21,22,23);1H. The van der Waals surface area contributed by atoms with Crippen LogP contribution in [-0.4, -0.2) is 70.1 Å². The molecule has 10 heteroatoms. The van der Waals surface area contributed by atoms with Crippen LogP contribution in [0.4, 0.5) is 0 Å². The predicted molar refractivity (Wildman–Crippen MR) is 124 cm³/mol. The zero-order valence-corrected chi connectivity index (χ0v) is 19.2. The van der Waals surface area contributed by atoms with Gasteiger partial charge < -0.3 is 16.4 Å². The minimum atomic E-state index is -0.262. The Labute approximate surface area is 188 Å². The fourth-order valence-corrected chi connectivity index (χ4v) is 3.46. The summed E-state index contributed by atoms with van der Waals surface area (Å²) in [7, 11) is 0. The second-order valence-electron chi connectivity index (χ2n) is 7.07. The smallest absolute Gasteiger partial charge is 0.231 e. The highest BCUT2D eigenvalue weighted by Gasteiger charge is 2.20. The van der Waals surface area contributed by atoms with Crippen molar-refractivity contribution in [3.8, 4) is 0 Å². The lowest BCUT2D eigenvalue weighted by atomic mass is 10.1. The number of nitrogens with zero attached hydrogens (tertiary/aromatic N) is 5. The van der Waals surface area contributed by atoms with Gasteiger partial charge in [0.2, 0.25) is 5.91 Å². The third-order valence-corrected chi connectivity index (χ3v) is 4.86. The van der Waals surface area contributed by atoms with Gasteiger partial charge in [-0.1, -0.05) is 6.07 Å². The number of piperidine rings is 1. The summed E-state index contributed by atoms with van der Waals surface area (Å²) in [6, 6.07) is 6.27. The van der Waals surface area contributed by atoms with Gasteiger partial charge in [-0.3, -0.25) is 19.1 Å². The number of amides is 1. The molecule has 2 aromatic rings. The molecule has 0 unspecified atom stereocenters. The number of nitrogens with one attached hydrogen (secondary N) is 2. The van der Waals surface area contributed by atoms with E-state index in [-0.39, 0.29) is 29.9 Å². The van der Waals surface area contributed by atoms with Crippen LogP contribution in [0.25, 0.3) is 5.65 Å². The molecule has 4 N–H and O–H groups in total. The molecule has 9 nitrogen and oxygen atoms in total. The van der Waals surface area contributed by atoms with E-state index in [1.165, 1.54) is 0 Å². The molecule has 0 radical (unpaired) electrons. The first-order valence-corrected chi connectivity index (χ1v) is 10.00. The molecular weight excluding hydrogens is 483 g/mol. The number of carbonyl (C=O) groups is 1. The van der Waals surface area contributed by atoms with Crippen molar-refractivity contribution in [2.45, 2.75) is 38.6 Å². The molecule has 1 saturated heterocycles. The highest BCUT2D eigenvalue weighted by molar-refractivity contribution is 14.0. The molecule has 0 bridgehead atoms. The molecule has 0 aromatic carbocycles. The van der Waals surface area contributed by atoms with Crippen LogP contribution in [0, 0.1) is 0 Å². The van der Waals surface area contributed by atoms with Crippen molar-refractivity contribution in [3.63, 3.8) is 0 Å². The van der Waals surface area contributed by atoms with Crippen LogP contribution in [0.15, 0.2) is 29.4 Å². The predicted octanol–water partition coefficient (Wildman–Crippen LogP) is 0.785. The van der Waals surface area contributed by atoms with E-state index in [2.05, 4.69) is 32.7 Å². The quantitative estimate of drug-likeness (QED) is 0.208. The monoisotopic (exact) mass is 514 g/mol. The topological polar surface area (TPSA) is 113 Å². The highest BCUT2D eigenvalue weighted by Crippen LogP contribution is 2.10. The molecule has 3 heterocycles. The van der Waals surface area contributed by atoms with E-state index in [4.69, 9.17) is 10.7 Å². The van der Waals surface area contributed by atoms with Gasteiger partial charge in [-0.05, 0) is 38.3 Å². The van der Waals surface area contributed by atoms with Crippen molar-refractivity contribution in [2.24, 2.45) is 10.7 Å². The normalized spacial score (nSPS) is 15.8. The highest BCUT2D eigenvalue weighted by atomic mass is 127. The zero-order chi connectivity index (χ0) is 19.8. The molecule has 1 aliphatic rings. The molecule has 0 atom stereocenters. The Bertz CT molecular complexity index is 800. The van der Waals surface area contributed by atoms with E-state index >= 15 is 0 Å². The second kappa shape index (κ2) is 11.9. The van der Waals surface area contributed by atoms with E-state index in [0.29, 0.717) is 12.6 Å². The Morgan fingerprint density at radius 3 is 2.83 bits per heavy atom. The number of rotatable bonds is 8. The van der Waals surface area contributed by atoms with Crippen LogP contribution >= 0.6 is 24.0 Å². The first-order valence-electron chi connectivity index (χ1n) is 10.00. The molecule has 2 aromatic heterocycles. The van der Waals surface area contributed by atoms with Gasteiger partial charge in [0.15, 0.2) is 11.6 Å². The number of aromatic nitrogens is 3. The molecule has 160 valence electrons. The van der Waals surface area contributed by atoms with Crippen LogP contribution in [0.5, 0.6) is 0 Å². The summed E-state index contributed by atoms with van der Waals surface area (Å²) in [4.78, 5) is 17.9. The van der Waals surface area contributed by atoms with Crippen molar-refractivity contribution in [2.75, 3.05) is 32.7 Å². The zero-order valence-electron chi connectivity index (χ0n) is 16.9. The average Bonchev–Trinajstić information content (AvgIpc) is 3.09. The van der Waals surface area contributed by atoms with Gasteiger partial charge in [0.25, 0.3) is 0 Å². The number of aryl methyl sites for hydroxylation is 1. The molecule has 0 aliphatic carbocycles. The molecule has 0 saturated carbocycles. The summed E-state index contributed by atoms with van der Waals surface area (Å²) in [5.41, 5.74) is 6.15. The maximum Gasteiger partial charge on any atom is 0.231 e. The number of halogens is 1. The van der Waals surface area contributed by atoms with Gasteiger partial charge >= 0.3 is 0 Å². The second-order valence-corrected chi connectivity index (χ2v) is 7.07. The third kappa shape index (κ3) is 7.11. The molecule has 29 heavy (non-hydrogen) atoms. The maximum atomic E-state index is 11.0. The molecule has 1 amide bonds. The maximum absolute atomic E-state index is 11.0. The first kappa shape index (κ1) is 23.3. The summed E-state index contributed by atoms with van der Waals surface area (Å²) in [5.74, 6) is 1.55. The Morgan fingerprint density at radius 2 is 2.10 bits per heavy atom. The molecule has 0 spiro atoms. The van der Waals surface area contributed by atoms with Crippen molar-refractivity contribution >= 4 is 41.5 Å². The van der Waals surface area contributed by atoms with E-state index in [9.17, 15) is 4.79 Å². The van der Waals surface area contributed by atoms with E-state index in [1.807, 2.05) is 28.8 Å². The first-order chi connectivity index (χ1) is 13.7. The van der Waals surface area contributed by atoms with Gasteiger partial charge in [0.1, 0.15) is 5.82 Å². The minimum Gasteiger partial charge on any atom is -0.369 e. The number of nitrogens with two attached hydrogens (primary N) is 1. The van der Waals surface area contributed by atoms with Crippen LogP contribution < -0.4 is 16.4 Å². The van der Waals surface area contributed by atoms with E-state index < -0.39 is 0 Å². The van der Waals surface area contributed by atoms with Crippen molar-refractivity contribution in [1.82, 2.24) is 30.1 Å². The largest absolute Gasteiger partial charge is 0.369 e. The third-order valence-electron chi connectivity index (χ3n) is 4.86.